The maximum absolute atomic E-state index is 3.93. The summed E-state index contributed by atoms with van der Waals surface area (Å²) in [4.78, 5) is 2.30. The SMILES string of the molecule is CN(C)CC(C)(C)CNC1CCCCC1C1CCCN1. The molecular weight excluding hydrogens is 246 g/mol. The zero-order valence-electron chi connectivity index (χ0n) is 14.0. The molecule has 118 valence electrons. The van der Waals surface area contributed by atoms with Crippen molar-refractivity contribution in [3.63, 3.8) is 0 Å². The fourth-order valence-electron chi connectivity index (χ4n) is 4.29. The molecule has 0 amide bonds. The van der Waals surface area contributed by atoms with Crippen LogP contribution in [0.25, 0.3) is 0 Å². The molecule has 0 aromatic carbocycles. The van der Waals surface area contributed by atoms with Gasteiger partial charge in [0.05, 0.1) is 0 Å². The molecule has 2 rings (SSSR count). The van der Waals surface area contributed by atoms with Crippen LogP contribution in [-0.4, -0.2) is 50.7 Å². The first-order valence-electron chi connectivity index (χ1n) is 8.59. The van der Waals surface area contributed by atoms with E-state index in [9.17, 15) is 0 Å². The van der Waals surface area contributed by atoms with E-state index in [2.05, 4.69) is 43.5 Å². The number of nitrogens with zero attached hydrogens (tertiary/aromatic N) is 1. The van der Waals surface area contributed by atoms with Crippen LogP contribution < -0.4 is 10.6 Å². The van der Waals surface area contributed by atoms with Crippen molar-refractivity contribution in [1.29, 1.82) is 0 Å². The second-order valence-corrected chi connectivity index (χ2v) is 8.04. The Morgan fingerprint density at radius 1 is 1.10 bits per heavy atom. The molecule has 3 heteroatoms. The maximum Gasteiger partial charge on any atom is 0.0111 e. The number of hydrogen-bond acceptors (Lipinski definition) is 3. The van der Waals surface area contributed by atoms with Gasteiger partial charge in [0, 0.05) is 25.2 Å². The van der Waals surface area contributed by atoms with Crippen molar-refractivity contribution in [2.45, 2.75) is 64.5 Å². The first-order valence-corrected chi connectivity index (χ1v) is 8.59. The lowest BCUT2D eigenvalue weighted by Gasteiger charge is -2.39. The zero-order chi connectivity index (χ0) is 14.6. The summed E-state index contributed by atoms with van der Waals surface area (Å²) in [7, 11) is 4.35. The lowest BCUT2D eigenvalue weighted by molar-refractivity contribution is 0.175. The van der Waals surface area contributed by atoms with E-state index in [4.69, 9.17) is 0 Å². The number of rotatable bonds is 6. The Morgan fingerprint density at radius 2 is 1.85 bits per heavy atom. The van der Waals surface area contributed by atoms with E-state index in [-0.39, 0.29) is 0 Å². The predicted molar refractivity (Wildman–Crippen MR) is 87.1 cm³/mol. The Balaban J connectivity index is 1.85. The quantitative estimate of drug-likeness (QED) is 0.783. The van der Waals surface area contributed by atoms with Crippen molar-refractivity contribution >= 4 is 0 Å². The molecule has 0 radical (unpaired) electrons. The molecule has 0 spiro atoms. The van der Waals surface area contributed by atoms with Crippen LogP contribution in [0.4, 0.5) is 0 Å². The van der Waals surface area contributed by atoms with Gasteiger partial charge in [-0.05, 0) is 57.7 Å². The standard InChI is InChI=1S/C17H35N3/c1-17(2,13-20(3)4)12-19-16-9-6-5-8-14(16)15-10-7-11-18-15/h14-16,18-19H,5-13H2,1-4H3. The second-order valence-electron chi connectivity index (χ2n) is 8.04. The highest BCUT2D eigenvalue weighted by Crippen LogP contribution is 2.31. The van der Waals surface area contributed by atoms with Crippen molar-refractivity contribution in [3.05, 3.63) is 0 Å². The molecule has 3 atom stereocenters. The van der Waals surface area contributed by atoms with Crippen molar-refractivity contribution in [1.82, 2.24) is 15.5 Å². The minimum absolute atomic E-state index is 0.356. The fraction of sp³-hybridized carbons (Fsp3) is 1.00. The highest BCUT2D eigenvalue weighted by atomic mass is 15.1. The van der Waals surface area contributed by atoms with E-state index >= 15 is 0 Å². The van der Waals surface area contributed by atoms with Gasteiger partial charge in [-0.15, -0.1) is 0 Å². The molecule has 0 aromatic heterocycles. The van der Waals surface area contributed by atoms with Crippen LogP contribution in [0, 0.1) is 11.3 Å². The molecule has 20 heavy (non-hydrogen) atoms. The van der Waals surface area contributed by atoms with Gasteiger partial charge in [-0.1, -0.05) is 26.7 Å². The van der Waals surface area contributed by atoms with Gasteiger partial charge >= 0.3 is 0 Å². The predicted octanol–water partition coefficient (Wildman–Crippen LogP) is 2.47. The third kappa shape index (κ3) is 4.71. The van der Waals surface area contributed by atoms with Gasteiger partial charge in [-0.3, -0.25) is 0 Å². The van der Waals surface area contributed by atoms with Gasteiger partial charge in [0.25, 0.3) is 0 Å². The minimum atomic E-state index is 0.356. The van der Waals surface area contributed by atoms with E-state index in [1.165, 1.54) is 45.1 Å². The van der Waals surface area contributed by atoms with Gasteiger partial charge in [0.15, 0.2) is 0 Å². The largest absolute Gasteiger partial charge is 0.314 e. The van der Waals surface area contributed by atoms with Gasteiger partial charge < -0.3 is 15.5 Å². The summed E-state index contributed by atoms with van der Waals surface area (Å²) in [5, 5.41) is 7.66. The lowest BCUT2D eigenvalue weighted by Crippen LogP contribution is -2.50. The van der Waals surface area contributed by atoms with Crippen LogP contribution in [0.1, 0.15) is 52.4 Å². The van der Waals surface area contributed by atoms with E-state index in [1.807, 2.05) is 0 Å². The average Bonchev–Trinajstić information content (AvgIpc) is 2.89. The van der Waals surface area contributed by atoms with Crippen LogP contribution in [0.15, 0.2) is 0 Å². The zero-order valence-corrected chi connectivity index (χ0v) is 14.0. The molecule has 1 aliphatic carbocycles. The van der Waals surface area contributed by atoms with Crippen LogP contribution >= 0.6 is 0 Å². The summed E-state index contributed by atoms with van der Waals surface area (Å²) >= 11 is 0. The van der Waals surface area contributed by atoms with Gasteiger partial charge in [0.2, 0.25) is 0 Å². The normalized spacial score (nSPS) is 31.9. The maximum atomic E-state index is 3.93. The topological polar surface area (TPSA) is 27.3 Å². The van der Waals surface area contributed by atoms with Crippen molar-refractivity contribution in [2.75, 3.05) is 33.7 Å². The van der Waals surface area contributed by atoms with Crippen LogP contribution in [0.3, 0.4) is 0 Å². The molecule has 0 bridgehead atoms. The monoisotopic (exact) mass is 281 g/mol. The average molecular weight is 281 g/mol. The van der Waals surface area contributed by atoms with Crippen molar-refractivity contribution in [3.8, 4) is 0 Å². The first-order chi connectivity index (χ1) is 9.48. The third-order valence-corrected chi connectivity index (χ3v) is 5.02. The fourth-order valence-corrected chi connectivity index (χ4v) is 4.29. The molecule has 2 fully saturated rings. The molecule has 1 heterocycles. The van der Waals surface area contributed by atoms with Crippen LogP contribution in [0.2, 0.25) is 0 Å². The Kier molecular flexibility index (Phi) is 5.88. The summed E-state index contributed by atoms with van der Waals surface area (Å²) in [6, 6.07) is 1.52. The molecule has 3 nitrogen and oxygen atoms in total. The highest BCUT2D eigenvalue weighted by Gasteiger charge is 2.33. The number of nitrogens with one attached hydrogen (secondary N) is 2. The van der Waals surface area contributed by atoms with Crippen molar-refractivity contribution in [2.24, 2.45) is 11.3 Å². The number of hydrogen-bond donors (Lipinski definition) is 2. The second kappa shape index (κ2) is 7.24. The third-order valence-electron chi connectivity index (χ3n) is 5.02. The van der Waals surface area contributed by atoms with Crippen molar-refractivity contribution < 1.29 is 0 Å². The van der Waals surface area contributed by atoms with Gasteiger partial charge in [0.1, 0.15) is 0 Å². The molecule has 1 saturated carbocycles. The van der Waals surface area contributed by atoms with E-state index in [1.54, 1.807) is 0 Å². The van der Waals surface area contributed by atoms with Crippen LogP contribution in [0.5, 0.6) is 0 Å². The molecular formula is C17H35N3. The summed E-state index contributed by atoms with van der Waals surface area (Å²) in [5.41, 5.74) is 0.356. The first kappa shape index (κ1) is 16.3. The highest BCUT2D eigenvalue weighted by molar-refractivity contribution is 4.92. The summed E-state index contributed by atoms with van der Waals surface area (Å²) in [6.07, 6.45) is 8.41. The minimum Gasteiger partial charge on any atom is -0.314 e. The summed E-state index contributed by atoms with van der Waals surface area (Å²) < 4.78 is 0. The Morgan fingerprint density at radius 3 is 2.50 bits per heavy atom. The van der Waals surface area contributed by atoms with Crippen LogP contribution in [-0.2, 0) is 0 Å². The van der Waals surface area contributed by atoms with Gasteiger partial charge in [-0.25, -0.2) is 0 Å². The molecule has 1 saturated heterocycles. The molecule has 0 aromatic rings. The van der Waals surface area contributed by atoms with E-state index < -0.39 is 0 Å². The molecule has 1 aliphatic heterocycles. The molecule has 2 aliphatic rings. The Bertz CT molecular complexity index is 282. The van der Waals surface area contributed by atoms with E-state index in [0.29, 0.717) is 5.41 Å². The van der Waals surface area contributed by atoms with Gasteiger partial charge in [-0.2, -0.15) is 0 Å². The lowest BCUT2D eigenvalue weighted by atomic mass is 9.78. The Hall–Kier alpha value is -0.120. The smallest absolute Gasteiger partial charge is 0.0111 e. The summed E-state index contributed by atoms with van der Waals surface area (Å²) in [6.45, 7) is 8.29. The molecule has 2 N–H and O–H groups in total. The van der Waals surface area contributed by atoms with E-state index in [0.717, 1.165) is 31.1 Å². The molecule has 3 unspecified atom stereocenters. The Labute approximate surface area is 125 Å². The summed E-state index contributed by atoms with van der Waals surface area (Å²) in [5.74, 6) is 0.862.